The SMILES string of the molecule is C=NC(N=C)(N=C)[C@@H]1CN(c2nc(-n3ccc(OCC(C)(C)C(F)(F)F)n3)ccc2C(=O)NS(=O)(=O)c2cn(C)nc2C)C(C)(C)C1(N=C)N=C. The van der Waals surface area contributed by atoms with E-state index in [0.29, 0.717) is 0 Å². The van der Waals surface area contributed by atoms with Crippen LogP contribution in [-0.2, 0) is 17.1 Å². The van der Waals surface area contributed by atoms with Crippen molar-refractivity contribution < 1.29 is 31.1 Å². The maximum atomic E-state index is 13.9. The van der Waals surface area contributed by atoms with Crippen molar-refractivity contribution in [3.63, 3.8) is 0 Å². The highest BCUT2D eigenvalue weighted by Crippen LogP contribution is 2.53. The number of halogens is 3. The van der Waals surface area contributed by atoms with E-state index in [1.54, 1.807) is 18.7 Å². The van der Waals surface area contributed by atoms with Crippen LogP contribution in [0.15, 0.2) is 60.5 Å². The molecular formula is C31H39F3N12O4S. The van der Waals surface area contributed by atoms with Crippen molar-refractivity contribution in [2.75, 3.05) is 18.1 Å². The van der Waals surface area contributed by atoms with Crippen LogP contribution in [-0.4, -0.2) is 109 Å². The molecular weight excluding hydrogens is 693 g/mol. The summed E-state index contributed by atoms with van der Waals surface area (Å²) in [4.78, 5) is 41.0. The molecule has 0 bridgehead atoms. The number of sulfonamides is 1. The molecule has 4 heterocycles. The summed E-state index contributed by atoms with van der Waals surface area (Å²) in [6.07, 6.45) is -1.88. The second-order valence-electron chi connectivity index (χ2n) is 12.9. The molecule has 0 aromatic carbocycles. The van der Waals surface area contributed by atoms with E-state index in [2.05, 4.69) is 73.5 Å². The fourth-order valence-corrected chi connectivity index (χ4v) is 7.10. The van der Waals surface area contributed by atoms with Gasteiger partial charge in [-0.25, -0.2) is 37.8 Å². The molecule has 1 N–H and O–H groups in total. The van der Waals surface area contributed by atoms with E-state index in [0.717, 1.165) is 13.8 Å². The number of aromatic nitrogens is 5. The molecule has 1 amide bonds. The minimum Gasteiger partial charge on any atom is -0.476 e. The van der Waals surface area contributed by atoms with E-state index in [9.17, 15) is 26.4 Å². The minimum atomic E-state index is -4.53. The highest BCUT2D eigenvalue weighted by Gasteiger charge is 2.66. The highest BCUT2D eigenvalue weighted by molar-refractivity contribution is 7.90. The van der Waals surface area contributed by atoms with Gasteiger partial charge >= 0.3 is 6.18 Å². The Balaban J connectivity index is 1.88. The molecule has 0 radical (unpaired) electrons. The fraction of sp³-hybridized carbons (Fsp3) is 0.452. The first-order chi connectivity index (χ1) is 23.6. The van der Waals surface area contributed by atoms with Crippen molar-refractivity contribution in [2.24, 2.45) is 43.3 Å². The van der Waals surface area contributed by atoms with Gasteiger partial charge in [-0.2, -0.15) is 18.3 Å². The van der Waals surface area contributed by atoms with Crippen LogP contribution in [0.4, 0.5) is 19.0 Å². The summed E-state index contributed by atoms with van der Waals surface area (Å²) in [5.41, 5.74) is -5.02. The van der Waals surface area contributed by atoms with Gasteiger partial charge in [-0.05, 0) is 80.3 Å². The lowest BCUT2D eigenvalue weighted by Gasteiger charge is -2.43. The summed E-state index contributed by atoms with van der Waals surface area (Å²) in [5, 5.41) is 8.27. The molecule has 0 unspecified atom stereocenters. The average molecular weight is 733 g/mol. The Bertz CT molecular complexity index is 1970. The maximum Gasteiger partial charge on any atom is 0.397 e. The molecule has 4 rings (SSSR count). The maximum absolute atomic E-state index is 13.9. The molecule has 20 heteroatoms. The van der Waals surface area contributed by atoms with E-state index in [-0.39, 0.29) is 40.2 Å². The number of nitrogens with one attached hydrogen (secondary N) is 1. The van der Waals surface area contributed by atoms with Crippen LogP contribution in [0.5, 0.6) is 5.88 Å². The zero-order chi connectivity index (χ0) is 38.4. The van der Waals surface area contributed by atoms with Crippen molar-refractivity contribution in [3.8, 4) is 11.7 Å². The Hall–Kier alpha value is -5.27. The van der Waals surface area contributed by atoms with E-state index >= 15 is 0 Å². The predicted molar refractivity (Wildman–Crippen MR) is 187 cm³/mol. The largest absolute Gasteiger partial charge is 0.476 e. The number of rotatable bonds is 14. The normalized spacial score (nSPS) is 17.4. The molecule has 1 aliphatic heterocycles. The Morgan fingerprint density at radius 1 is 1.06 bits per heavy atom. The lowest BCUT2D eigenvalue weighted by molar-refractivity contribution is -0.219. The van der Waals surface area contributed by atoms with E-state index in [4.69, 9.17) is 9.72 Å². The summed E-state index contributed by atoms with van der Waals surface area (Å²) in [6.45, 7) is 24.5. The number of ether oxygens (including phenoxy) is 1. The molecule has 274 valence electrons. The van der Waals surface area contributed by atoms with Gasteiger partial charge in [0, 0.05) is 32.1 Å². The Morgan fingerprint density at radius 3 is 2.18 bits per heavy atom. The molecule has 1 atom stereocenters. The lowest BCUT2D eigenvalue weighted by atomic mass is 9.79. The smallest absolute Gasteiger partial charge is 0.397 e. The van der Waals surface area contributed by atoms with Crippen LogP contribution < -0.4 is 14.4 Å². The van der Waals surface area contributed by atoms with Crippen molar-refractivity contribution in [1.29, 1.82) is 0 Å². The zero-order valence-electron chi connectivity index (χ0n) is 29.0. The third kappa shape index (κ3) is 6.43. The van der Waals surface area contributed by atoms with Crippen molar-refractivity contribution in [3.05, 3.63) is 41.9 Å². The van der Waals surface area contributed by atoms with Crippen molar-refractivity contribution in [2.45, 2.75) is 62.7 Å². The van der Waals surface area contributed by atoms with E-state index in [1.165, 1.54) is 53.9 Å². The zero-order valence-corrected chi connectivity index (χ0v) is 29.8. The lowest BCUT2D eigenvalue weighted by Crippen LogP contribution is -2.56. The van der Waals surface area contributed by atoms with Crippen molar-refractivity contribution in [1.82, 2.24) is 29.3 Å². The number of pyridine rings is 1. The molecule has 0 spiro atoms. The molecule has 3 aromatic rings. The third-order valence-electron chi connectivity index (χ3n) is 9.07. The van der Waals surface area contributed by atoms with Gasteiger partial charge in [-0.3, -0.25) is 19.5 Å². The van der Waals surface area contributed by atoms with Gasteiger partial charge in [0.1, 0.15) is 17.3 Å². The predicted octanol–water partition coefficient (Wildman–Crippen LogP) is 3.46. The second-order valence-corrected chi connectivity index (χ2v) is 14.6. The molecule has 0 aliphatic carbocycles. The van der Waals surface area contributed by atoms with Gasteiger partial charge < -0.3 is 9.64 Å². The van der Waals surface area contributed by atoms with Gasteiger partial charge in [0.15, 0.2) is 11.5 Å². The number of carbonyl (C=O) groups excluding carboxylic acids is 1. The average Bonchev–Trinajstić information content (AvgIpc) is 3.74. The summed E-state index contributed by atoms with van der Waals surface area (Å²) in [5.74, 6) is -3.81. The molecule has 16 nitrogen and oxygen atoms in total. The van der Waals surface area contributed by atoms with Gasteiger partial charge in [0.2, 0.25) is 5.88 Å². The molecule has 3 aromatic heterocycles. The number of amides is 1. The molecule has 1 saturated heterocycles. The number of carbonyl (C=O) groups is 1. The first-order valence-electron chi connectivity index (χ1n) is 15.1. The first kappa shape index (κ1) is 38.5. The van der Waals surface area contributed by atoms with E-state index < -0.39 is 57.0 Å². The third-order valence-corrected chi connectivity index (χ3v) is 10.5. The topological polar surface area (TPSA) is 186 Å². The standard InChI is InChI=1S/C31H39F3N12O4S/c1-19-21(16-44(11)41-19)51(48,49)43-26(47)20-12-13-23(46-15-14-24(42-46)50-18-27(2,3)31(32,33)34)40-25(20)45-17-22(30(37-8,38-9)39-10)29(35-6,36-7)28(45,4)5/h12-16,22H,6-10,17-18H2,1-5,11H3,(H,43,47)/t22-/m1/s1. The van der Waals surface area contributed by atoms with Crippen LogP contribution >= 0.6 is 0 Å². The quantitative estimate of drug-likeness (QED) is 0.244. The molecule has 51 heavy (non-hydrogen) atoms. The number of aliphatic imine (C=N–C) groups is 5. The van der Waals surface area contributed by atoms with Crippen LogP contribution in [0.1, 0.15) is 43.7 Å². The Morgan fingerprint density at radius 2 is 1.67 bits per heavy atom. The van der Waals surface area contributed by atoms with Crippen molar-refractivity contribution >= 4 is 55.3 Å². The van der Waals surface area contributed by atoms with Crippen LogP contribution in [0.3, 0.4) is 0 Å². The van der Waals surface area contributed by atoms with Crippen LogP contribution in [0.25, 0.3) is 5.82 Å². The Kier molecular flexibility index (Phi) is 9.92. The van der Waals surface area contributed by atoms with Gasteiger partial charge in [0.05, 0.1) is 28.1 Å². The first-order valence-corrected chi connectivity index (χ1v) is 16.6. The molecule has 1 aliphatic rings. The van der Waals surface area contributed by atoms with Gasteiger partial charge in [0.25, 0.3) is 21.7 Å². The number of nitrogens with zero attached hydrogens (tertiary/aromatic N) is 11. The Labute approximate surface area is 293 Å². The summed E-state index contributed by atoms with van der Waals surface area (Å²) < 4.78 is 76.9. The fourth-order valence-electron chi connectivity index (χ4n) is 5.92. The summed E-state index contributed by atoms with van der Waals surface area (Å²) in [7, 11) is -2.89. The van der Waals surface area contributed by atoms with E-state index in [1.807, 2.05) is 0 Å². The van der Waals surface area contributed by atoms with Crippen LogP contribution in [0, 0.1) is 18.3 Å². The number of aryl methyl sites for hydroxylation is 2. The monoisotopic (exact) mass is 732 g/mol. The number of hydrogen-bond donors (Lipinski definition) is 1. The molecule has 0 saturated carbocycles. The van der Waals surface area contributed by atoms with Gasteiger partial charge in [-0.1, -0.05) is 0 Å². The minimum absolute atomic E-state index is 0.0745. The number of alkyl halides is 3. The van der Waals surface area contributed by atoms with Crippen LogP contribution in [0.2, 0.25) is 0 Å². The number of hydrogen-bond acceptors (Lipinski definition) is 13. The number of anilines is 1. The summed E-state index contributed by atoms with van der Waals surface area (Å²) >= 11 is 0. The van der Waals surface area contributed by atoms with Gasteiger partial charge in [-0.15, -0.1) is 5.10 Å². The summed E-state index contributed by atoms with van der Waals surface area (Å²) in [6, 6.07) is 4.03. The highest BCUT2D eigenvalue weighted by atomic mass is 32.2. The molecule has 1 fully saturated rings. The second kappa shape index (κ2) is 13.1.